The first-order chi connectivity index (χ1) is 11.9. The monoisotopic (exact) mass is 363 g/mol. The quantitative estimate of drug-likeness (QED) is 0.888. The van der Waals surface area contributed by atoms with Crippen molar-refractivity contribution in [3.05, 3.63) is 65.5 Å². The number of sulfone groups is 1. The summed E-state index contributed by atoms with van der Waals surface area (Å²) in [5.41, 5.74) is 2.01. The SMILES string of the molecule is CS(=O)(=O)c1ccc(COC2CNCCC2c2ccc(F)cc2)cc1. The first-order valence-corrected chi connectivity index (χ1v) is 10.2. The van der Waals surface area contributed by atoms with Gasteiger partial charge in [0, 0.05) is 18.7 Å². The lowest BCUT2D eigenvalue weighted by Gasteiger charge is -2.32. The number of halogens is 1. The molecule has 2 aromatic carbocycles. The van der Waals surface area contributed by atoms with E-state index in [4.69, 9.17) is 4.74 Å². The van der Waals surface area contributed by atoms with Gasteiger partial charge in [0.05, 0.1) is 17.6 Å². The van der Waals surface area contributed by atoms with Crippen LogP contribution in [0, 0.1) is 5.82 Å². The molecule has 4 nitrogen and oxygen atoms in total. The molecule has 2 unspecified atom stereocenters. The third-order valence-corrected chi connectivity index (χ3v) is 5.67. The summed E-state index contributed by atoms with van der Waals surface area (Å²) in [7, 11) is -3.18. The first-order valence-electron chi connectivity index (χ1n) is 8.30. The van der Waals surface area contributed by atoms with E-state index < -0.39 is 9.84 Å². The van der Waals surface area contributed by atoms with Crippen molar-refractivity contribution in [2.75, 3.05) is 19.3 Å². The fourth-order valence-corrected chi connectivity index (χ4v) is 3.76. The van der Waals surface area contributed by atoms with Crippen LogP contribution in [-0.4, -0.2) is 33.9 Å². The van der Waals surface area contributed by atoms with Gasteiger partial charge in [0.25, 0.3) is 0 Å². The zero-order valence-corrected chi connectivity index (χ0v) is 14.9. The Labute approximate surface area is 147 Å². The van der Waals surface area contributed by atoms with Gasteiger partial charge >= 0.3 is 0 Å². The van der Waals surface area contributed by atoms with Crippen LogP contribution in [0.15, 0.2) is 53.4 Å². The molecule has 1 aliphatic heterocycles. The molecule has 0 spiro atoms. The van der Waals surface area contributed by atoms with E-state index in [9.17, 15) is 12.8 Å². The number of benzene rings is 2. The van der Waals surface area contributed by atoms with Gasteiger partial charge in [0.15, 0.2) is 9.84 Å². The molecular formula is C19H22FNO3S. The summed E-state index contributed by atoms with van der Waals surface area (Å²) >= 11 is 0. The van der Waals surface area contributed by atoms with Gasteiger partial charge in [-0.2, -0.15) is 0 Å². The van der Waals surface area contributed by atoms with Gasteiger partial charge in [0.2, 0.25) is 0 Å². The molecule has 1 saturated heterocycles. The van der Waals surface area contributed by atoms with Gasteiger partial charge in [-0.15, -0.1) is 0 Å². The van der Waals surface area contributed by atoms with Gasteiger partial charge in [-0.1, -0.05) is 24.3 Å². The average Bonchev–Trinajstić information content (AvgIpc) is 2.61. The van der Waals surface area contributed by atoms with Crippen LogP contribution < -0.4 is 5.32 Å². The second-order valence-corrected chi connectivity index (χ2v) is 8.43. The summed E-state index contributed by atoms with van der Waals surface area (Å²) in [4.78, 5) is 0.305. The highest BCUT2D eigenvalue weighted by Gasteiger charge is 2.27. The van der Waals surface area contributed by atoms with Crippen LogP contribution in [0.1, 0.15) is 23.5 Å². The summed E-state index contributed by atoms with van der Waals surface area (Å²) in [5.74, 6) is -0.0155. The van der Waals surface area contributed by atoms with Crippen LogP contribution in [0.5, 0.6) is 0 Å². The molecule has 0 aromatic heterocycles. The molecule has 1 fully saturated rings. The van der Waals surface area contributed by atoms with Crippen molar-refractivity contribution in [2.24, 2.45) is 0 Å². The zero-order chi connectivity index (χ0) is 17.9. The van der Waals surface area contributed by atoms with Crippen molar-refractivity contribution < 1.29 is 17.5 Å². The van der Waals surface area contributed by atoms with Crippen molar-refractivity contribution in [2.45, 2.75) is 29.9 Å². The Kier molecular flexibility index (Phi) is 5.51. The average molecular weight is 363 g/mol. The lowest BCUT2D eigenvalue weighted by Crippen LogP contribution is -2.40. The summed E-state index contributed by atoms with van der Waals surface area (Å²) in [5, 5.41) is 3.33. The molecule has 0 radical (unpaired) electrons. The summed E-state index contributed by atoms with van der Waals surface area (Å²) < 4.78 is 42.3. The second kappa shape index (κ2) is 7.64. The minimum atomic E-state index is -3.18. The molecule has 0 aliphatic carbocycles. The Hall–Kier alpha value is -1.76. The highest BCUT2D eigenvalue weighted by molar-refractivity contribution is 7.90. The Morgan fingerprint density at radius 2 is 1.80 bits per heavy atom. The smallest absolute Gasteiger partial charge is 0.175 e. The molecule has 3 rings (SSSR count). The Balaban J connectivity index is 1.67. The minimum Gasteiger partial charge on any atom is -0.372 e. The van der Waals surface area contributed by atoms with Crippen molar-refractivity contribution >= 4 is 9.84 Å². The molecule has 25 heavy (non-hydrogen) atoms. The van der Waals surface area contributed by atoms with Crippen LogP contribution >= 0.6 is 0 Å². The van der Waals surface area contributed by atoms with Crippen LogP contribution in [0.3, 0.4) is 0 Å². The lowest BCUT2D eigenvalue weighted by atomic mass is 9.88. The largest absolute Gasteiger partial charge is 0.372 e. The second-order valence-electron chi connectivity index (χ2n) is 6.42. The van der Waals surface area contributed by atoms with E-state index >= 15 is 0 Å². The number of hydrogen-bond donors (Lipinski definition) is 1. The van der Waals surface area contributed by atoms with Crippen molar-refractivity contribution in [3.8, 4) is 0 Å². The van der Waals surface area contributed by atoms with Crippen LogP contribution in [0.4, 0.5) is 4.39 Å². The minimum absolute atomic E-state index is 0.00574. The van der Waals surface area contributed by atoms with Crippen LogP contribution in [0.25, 0.3) is 0 Å². The normalized spacial score (nSPS) is 21.2. The zero-order valence-electron chi connectivity index (χ0n) is 14.1. The van der Waals surface area contributed by atoms with Crippen LogP contribution in [-0.2, 0) is 21.2 Å². The predicted molar refractivity (Wildman–Crippen MR) is 94.8 cm³/mol. The van der Waals surface area contributed by atoms with Gasteiger partial charge in [-0.05, 0) is 48.4 Å². The maximum absolute atomic E-state index is 13.2. The van der Waals surface area contributed by atoms with Crippen molar-refractivity contribution in [1.29, 1.82) is 0 Å². The molecular weight excluding hydrogens is 341 g/mol. The number of ether oxygens (including phenoxy) is 1. The van der Waals surface area contributed by atoms with Gasteiger partial charge in [0.1, 0.15) is 5.82 Å². The summed E-state index contributed by atoms with van der Waals surface area (Å²) in [6, 6.07) is 13.4. The van der Waals surface area contributed by atoms with E-state index in [1.54, 1.807) is 24.3 Å². The van der Waals surface area contributed by atoms with E-state index in [1.165, 1.54) is 18.4 Å². The molecule has 6 heteroatoms. The molecule has 1 N–H and O–H groups in total. The fourth-order valence-electron chi connectivity index (χ4n) is 3.13. The van der Waals surface area contributed by atoms with E-state index in [0.29, 0.717) is 11.5 Å². The third kappa shape index (κ3) is 4.66. The van der Waals surface area contributed by atoms with Crippen LogP contribution in [0.2, 0.25) is 0 Å². The van der Waals surface area contributed by atoms with Gasteiger partial charge in [-0.3, -0.25) is 0 Å². The molecule has 0 amide bonds. The summed E-state index contributed by atoms with van der Waals surface area (Å²) in [6.07, 6.45) is 2.12. The predicted octanol–water partition coefficient (Wildman–Crippen LogP) is 2.89. The highest BCUT2D eigenvalue weighted by Crippen LogP contribution is 2.28. The number of nitrogens with one attached hydrogen (secondary N) is 1. The molecule has 0 saturated carbocycles. The maximum atomic E-state index is 13.2. The number of piperidine rings is 1. The Morgan fingerprint density at radius 1 is 1.12 bits per heavy atom. The Morgan fingerprint density at radius 3 is 2.44 bits per heavy atom. The molecule has 1 aliphatic rings. The van der Waals surface area contributed by atoms with E-state index in [1.807, 2.05) is 12.1 Å². The first kappa shape index (κ1) is 18.0. The molecule has 134 valence electrons. The number of rotatable bonds is 5. The topological polar surface area (TPSA) is 55.4 Å². The highest BCUT2D eigenvalue weighted by atomic mass is 32.2. The Bertz CT molecular complexity index is 804. The summed E-state index contributed by atoms with van der Waals surface area (Å²) in [6.45, 7) is 2.06. The molecule has 1 heterocycles. The van der Waals surface area contributed by atoms with Gasteiger partial charge < -0.3 is 10.1 Å². The molecule has 0 bridgehead atoms. The standard InChI is InChI=1S/C19H22FNO3S/c1-25(22,23)17-8-2-14(3-9-17)13-24-19-12-21-11-10-18(19)15-4-6-16(20)7-5-15/h2-9,18-19,21H,10-13H2,1H3. The van der Waals surface area contributed by atoms with Crippen molar-refractivity contribution in [1.82, 2.24) is 5.32 Å². The van der Waals surface area contributed by atoms with Crippen molar-refractivity contribution in [3.63, 3.8) is 0 Å². The maximum Gasteiger partial charge on any atom is 0.175 e. The van der Waals surface area contributed by atoms with Gasteiger partial charge in [-0.25, -0.2) is 12.8 Å². The molecule has 2 aromatic rings. The fraction of sp³-hybridized carbons (Fsp3) is 0.368. The third-order valence-electron chi connectivity index (χ3n) is 4.54. The van der Waals surface area contributed by atoms with E-state index in [-0.39, 0.29) is 17.8 Å². The van der Waals surface area contributed by atoms with E-state index in [0.717, 1.165) is 30.6 Å². The van der Waals surface area contributed by atoms with E-state index in [2.05, 4.69) is 5.32 Å². The molecule has 2 atom stereocenters. The number of hydrogen-bond acceptors (Lipinski definition) is 4. The lowest BCUT2D eigenvalue weighted by molar-refractivity contribution is 0.0106.